The second-order valence-corrected chi connectivity index (χ2v) is 6.33. The summed E-state index contributed by atoms with van der Waals surface area (Å²) >= 11 is 1.44. The molecule has 6 nitrogen and oxygen atoms in total. The van der Waals surface area contributed by atoms with Crippen LogP contribution in [0.2, 0.25) is 0 Å². The van der Waals surface area contributed by atoms with Crippen LogP contribution in [0, 0.1) is 0 Å². The summed E-state index contributed by atoms with van der Waals surface area (Å²) in [5.41, 5.74) is 2.43. The molecule has 2 heterocycles. The molecule has 1 N–H and O–H groups in total. The highest BCUT2D eigenvalue weighted by Gasteiger charge is 2.12. The Labute approximate surface area is 155 Å². The van der Waals surface area contributed by atoms with Gasteiger partial charge in [0, 0.05) is 29.9 Å². The first kappa shape index (κ1) is 17.9. The Morgan fingerprint density at radius 3 is 2.62 bits per heavy atom. The van der Waals surface area contributed by atoms with Crippen molar-refractivity contribution in [3.05, 3.63) is 59.4 Å². The summed E-state index contributed by atoms with van der Waals surface area (Å²) in [6.45, 7) is 0.510. The summed E-state index contributed by atoms with van der Waals surface area (Å²) in [5, 5.41) is 5.47. The standard InChI is InChI=1S/C19H19N3O3S/c1-24-16-4-3-13(11-17(16)25-2)5-10-21-18(23)15-12-26-19(22-15)14-6-8-20-9-7-14/h3-4,6-9,11-12H,5,10H2,1-2H3,(H,21,23). The summed E-state index contributed by atoms with van der Waals surface area (Å²) in [6, 6.07) is 9.47. The number of nitrogens with one attached hydrogen (secondary N) is 1. The van der Waals surface area contributed by atoms with Gasteiger partial charge in [0.2, 0.25) is 0 Å². The van der Waals surface area contributed by atoms with Crippen LogP contribution in [0.15, 0.2) is 48.1 Å². The van der Waals surface area contributed by atoms with Crippen molar-refractivity contribution in [1.82, 2.24) is 15.3 Å². The molecule has 1 amide bonds. The van der Waals surface area contributed by atoms with Crippen LogP contribution in [-0.4, -0.2) is 36.6 Å². The molecule has 0 fully saturated rings. The summed E-state index contributed by atoms with van der Waals surface area (Å²) < 4.78 is 10.5. The molecule has 7 heteroatoms. The van der Waals surface area contributed by atoms with Crippen molar-refractivity contribution in [3.63, 3.8) is 0 Å². The predicted molar refractivity (Wildman–Crippen MR) is 101 cm³/mol. The second kappa shape index (κ2) is 8.44. The Morgan fingerprint density at radius 2 is 1.88 bits per heavy atom. The van der Waals surface area contributed by atoms with Gasteiger partial charge < -0.3 is 14.8 Å². The van der Waals surface area contributed by atoms with Gasteiger partial charge in [-0.2, -0.15) is 0 Å². The van der Waals surface area contributed by atoms with Gasteiger partial charge in [0.05, 0.1) is 14.2 Å². The van der Waals surface area contributed by atoms with E-state index in [1.54, 1.807) is 32.0 Å². The summed E-state index contributed by atoms with van der Waals surface area (Å²) in [7, 11) is 3.21. The molecular weight excluding hydrogens is 350 g/mol. The third kappa shape index (κ3) is 4.18. The van der Waals surface area contributed by atoms with Crippen molar-refractivity contribution in [3.8, 4) is 22.1 Å². The number of thiazole rings is 1. The zero-order chi connectivity index (χ0) is 18.4. The molecule has 3 aromatic rings. The van der Waals surface area contributed by atoms with Gasteiger partial charge in [-0.15, -0.1) is 11.3 Å². The number of amides is 1. The maximum atomic E-state index is 12.3. The average Bonchev–Trinajstić information content (AvgIpc) is 3.19. The van der Waals surface area contributed by atoms with Gasteiger partial charge in [-0.05, 0) is 36.2 Å². The van der Waals surface area contributed by atoms with Crippen LogP contribution >= 0.6 is 11.3 Å². The number of hydrogen-bond donors (Lipinski definition) is 1. The van der Waals surface area contributed by atoms with E-state index in [2.05, 4.69) is 15.3 Å². The highest BCUT2D eigenvalue weighted by Crippen LogP contribution is 2.27. The minimum absolute atomic E-state index is 0.179. The van der Waals surface area contributed by atoms with E-state index in [1.807, 2.05) is 30.3 Å². The Hall–Kier alpha value is -2.93. The van der Waals surface area contributed by atoms with Crippen molar-refractivity contribution < 1.29 is 14.3 Å². The lowest BCUT2D eigenvalue weighted by molar-refractivity contribution is 0.0950. The molecular formula is C19H19N3O3S. The van der Waals surface area contributed by atoms with E-state index >= 15 is 0 Å². The van der Waals surface area contributed by atoms with E-state index in [1.165, 1.54) is 11.3 Å². The van der Waals surface area contributed by atoms with E-state index < -0.39 is 0 Å². The largest absolute Gasteiger partial charge is 0.493 e. The first-order valence-corrected chi connectivity index (χ1v) is 8.94. The molecule has 0 aliphatic carbocycles. The van der Waals surface area contributed by atoms with E-state index in [0.717, 1.165) is 16.1 Å². The highest BCUT2D eigenvalue weighted by atomic mass is 32.1. The van der Waals surface area contributed by atoms with Crippen molar-refractivity contribution >= 4 is 17.2 Å². The van der Waals surface area contributed by atoms with Crippen molar-refractivity contribution in [2.24, 2.45) is 0 Å². The molecule has 2 aromatic heterocycles. The fraction of sp³-hybridized carbons (Fsp3) is 0.211. The number of methoxy groups -OCH3 is 2. The Bertz CT molecular complexity index is 881. The van der Waals surface area contributed by atoms with E-state index in [4.69, 9.17) is 9.47 Å². The molecule has 1 aromatic carbocycles. The van der Waals surface area contributed by atoms with Gasteiger partial charge in [-0.3, -0.25) is 9.78 Å². The lowest BCUT2D eigenvalue weighted by Crippen LogP contribution is -2.25. The number of aromatic nitrogens is 2. The first-order chi connectivity index (χ1) is 12.7. The molecule has 0 saturated carbocycles. The Balaban J connectivity index is 1.57. The van der Waals surface area contributed by atoms with E-state index in [0.29, 0.717) is 30.2 Å². The van der Waals surface area contributed by atoms with Crippen LogP contribution in [0.1, 0.15) is 16.1 Å². The lowest BCUT2D eigenvalue weighted by Gasteiger charge is -2.09. The molecule has 134 valence electrons. The minimum Gasteiger partial charge on any atom is -0.493 e. The molecule has 0 atom stereocenters. The summed E-state index contributed by atoms with van der Waals surface area (Å²) in [4.78, 5) is 20.7. The average molecular weight is 369 g/mol. The predicted octanol–water partition coefficient (Wildman–Crippen LogP) is 3.19. The van der Waals surface area contributed by atoms with Crippen LogP contribution in [0.4, 0.5) is 0 Å². The van der Waals surface area contributed by atoms with Crippen molar-refractivity contribution in [2.75, 3.05) is 20.8 Å². The fourth-order valence-electron chi connectivity index (χ4n) is 2.45. The SMILES string of the molecule is COc1ccc(CCNC(=O)c2csc(-c3ccncc3)n2)cc1OC. The number of nitrogens with zero attached hydrogens (tertiary/aromatic N) is 2. The normalized spacial score (nSPS) is 10.4. The molecule has 0 saturated heterocycles. The monoisotopic (exact) mass is 369 g/mol. The van der Waals surface area contributed by atoms with E-state index in [-0.39, 0.29) is 5.91 Å². The molecule has 0 aliphatic rings. The number of carbonyl (C=O) groups is 1. The van der Waals surface area contributed by atoms with Crippen molar-refractivity contribution in [1.29, 1.82) is 0 Å². The molecule has 0 aliphatic heterocycles. The zero-order valence-electron chi connectivity index (χ0n) is 14.6. The van der Waals surface area contributed by atoms with Crippen LogP contribution in [0.3, 0.4) is 0 Å². The van der Waals surface area contributed by atoms with Gasteiger partial charge >= 0.3 is 0 Å². The fourth-order valence-corrected chi connectivity index (χ4v) is 3.26. The second-order valence-electron chi connectivity index (χ2n) is 5.47. The molecule has 0 unspecified atom stereocenters. The first-order valence-electron chi connectivity index (χ1n) is 8.06. The third-order valence-electron chi connectivity index (χ3n) is 3.81. The van der Waals surface area contributed by atoms with Gasteiger partial charge in [0.25, 0.3) is 5.91 Å². The van der Waals surface area contributed by atoms with Gasteiger partial charge in [0.1, 0.15) is 10.7 Å². The summed E-state index contributed by atoms with van der Waals surface area (Å²) in [6.07, 6.45) is 4.10. The van der Waals surface area contributed by atoms with E-state index in [9.17, 15) is 4.79 Å². The Morgan fingerprint density at radius 1 is 1.12 bits per heavy atom. The lowest BCUT2D eigenvalue weighted by atomic mass is 10.1. The number of benzene rings is 1. The quantitative estimate of drug-likeness (QED) is 0.692. The van der Waals surface area contributed by atoms with Gasteiger partial charge in [-0.25, -0.2) is 4.98 Å². The topological polar surface area (TPSA) is 73.3 Å². The number of carbonyl (C=O) groups excluding carboxylic acids is 1. The van der Waals surface area contributed by atoms with Crippen LogP contribution in [0.25, 0.3) is 10.6 Å². The molecule has 3 rings (SSSR count). The zero-order valence-corrected chi connectivity index (χ0v) is 15.4. The summed E-state index contributed by atoms with van der Waals surface area (Å²) in [5.74, 6) is 1.19. The number of pyridine rings is 1. The number of ether oxygens (including phenoxy) is 2. The highest BCUT2D eigenvalue weighted by molar-refractivity contribution is 7.13. The number of hydrogen-bond acceptors (Lipinski definition) is 6. The maximum Gasteiger partial charge on any atom is 0.270 e. The minimum atomic E-state index is -0.179. The number of rotatable bonds is 7. The molecule has 0 spiro atoms. The van der Waals surface area contributed by atoms with Crippen molar-refractivity contribution in [2.45, 2.75) is 6.42 Å². The van der Waals surface area contributed by atoms with Crippen LogP contribution in [-0.2, 0) is 6.42 Å². The maximum absolute atomic E-state index is 12.3. The Kier molecular flexibility index (Phi) is 5.80. The third-order valence-corrected chi connectivity index (χ3v) is 4.70. The van der Waals surface area contributed by atoms with Crippen LogP contribution in [0.5, 0.6) is 11.5 Å². The molecule has 0 radical (unpaired) electrons. The van der Waals surface area contributed by atoms with Gasteiger partial charge in [0.15, 0.2) is 11.5 Å². The smallest absolute Gasteiger partial charge is 0.270 e. The molecule has 0 bridgehead atoms. The molecule has 26 heavy (non-hydrogen) atoms. The van der Waals surface area contributed by atoms with Gasteiger partial charge in [-0.1, -0.05) is 6.07 Å². The van der Waals surface area contributed by atoms with Crippen LogP contribution < -0.4 is 14.8 Å².